The molecule has 4 aliphatic rings. The second-order valence-corrected chi connectivity index (χ2v) is 11.8. The fourth-order valence-corrected chi connectivity index (χ4v) is 7.62. The molecule has 6 rings (SSSR count). The molecule has 4 bridgehead atoms. The monoisotopic (exact) mass is 452 g/mol. The lowest BCUT2D eigenvalue weighted by Crippen LogP contribution is -2.48. The van der Waals surface area contributed by atoms with E-state index in [0.29, 0.717) is 5.13 Å². The summed E-state index contributed by atoms with van der Waals surface area (Å²) in [5.74, 6) is -1.52. The fourth-order valence-electron chi connectivity index (χ4n) is 6.07. The molecule has 2 aromatic rings. The molecule has 1 aromatic heterocycles. The van der Waals surface area contributed by atoms with E-state index in [1.807, 2.05) is 0 Å². The Labute approximate surface area is 177 Å². The van der Waals surface area contributed by atoms with Crippen LogP contribution in [-0.2, 0) is 15.3 Å². The number of rotatable bonds is 5. The van der Waals surface area contributed by atoms with Crippen molar-refractivity contribution >= 4 is 32.2 Å². The number of hydrogen-bond acceptors (Lipinski definition) is 5. The van der Waals surface area contributed by atoms with Gasteiger partial charge < -0.3 is 0 Å². The van der Waals surface area contributed by atoms with Crippen molar-refractivity contribution in [3.63, 3.8) is 0 Å². The van der Waals surface area contributed by atoms with Crippen LogP contribution in [0.15, 0.2) is 34.5 Å². The van der Waals surface area contributed by atoms with Crippen molar-refractivity contribution in [3.8, 4) is 0 Å². The minimum Gasteiger partial charge on any atom is -0.298 e. The van der Waals surface area contributed by atoms with Gasteiger partial charge in [0.05, 0.1) is 10.6 Å². The number of alkyl halides is 2. The molecule has 1 heterocycles. The highest BCUT2D eigenvalue weighted by molar-refractivity contribution is 7.91. The van der Waals surface area contributed by atoms with Crippen LogP contribution >= 0.6 is 11.3 Å². The molecule has 0 unspecified atom stereocenters. The van der Waals surface area contributed by atoms with Crippen molar-refractivity contribution in [1.82, 2.24) is 4.98 Å². The van der Waals surface area contributed by atoms with Crippen LogP contribution in [0, 0.1) is 17.8 Å². The number of amides is 1. The van der Waals surface area contributed by atoms with Gasteiger partial charge in [0.1, 0.15) is 0 Å². The number of carbonyl (C=O) groups excluding carboxylic acids is 1. The molecule has 0 atom stereocenters. The summed E-state index contributed by atoms with van der Waals surface area (Å²) in [6, 6.07) is 4.52. The summed E-state index contributed by atoms with van der Waals surface area (Å²) >= 11 is 1.39. The van der Waals surface area contributed by atoms with E-state index in [2.05, 4.69) is 10.7 Å². The third kappa shape index (κ3) is 3.36. The number of nitrogens with one attached hydrogen (secondary N) is 1. The minimum atomic E-state index is -4.67. The molecule has 30 heavy (non-hydrogen) atoms. The Morgan fingerprint density at radius 3 is 2.17 bits per heavy atom. The smallest absolute Gasteiger partial charge is 0.298 e. The first-order valence-corrected chi connectivity index (χ1v) is 12.6. The lowest BCUT2D eigenvalue weighted by Gasteiger charge is -2.56. The van der Waals surface area contributed by atoms with Gasteiger partial charge in [-0.15, -0.1) is 11.3 Å². The lowest BCUT2D eigenvalue weighted by atomic mass is 9.49. The Hall–Kier alpha value is -1.87. The van der Waals surface area contributed by atoms with E-state index >= 15 is 0 Å². The predicted molar refractivity (Wildman–Crippen MR) is 110 cm³/mol. The molecule has 4 saturated carbocycles. The number of anilines is 1. The summed E-state index contributed by atoms with van der Waals surface area (Å²) in [6.07, 6.45) is 7.63. The Bertz CT molecular complexity index is 1040. The van der Waals surface area contributed by atoms with Crippen molar-refractivity contribution in [3.05, 3.63) is 40.9 Å². The summed E-state index contributed by atoms with van der Waals surface area (Å²) < 4.78 is 48.3. The summed E-state index contributed by atoms with van der Waals surface area (Å²) in [5, 5.41) is 5.33. The summed E-state index contributed by atoms with van der Waals surface area (Å²) in [7, 11) is -4.67. The molecule has 0 saturated heterocycles. The molecule has 1 N–H and O–H groups in total. The van der Waals surface area contributed by atoms with Gasteiger partial charge in [0, 0.05) is 16.4 Å². The maximum atomic E-state index is 12.6. The van der Waals surface area contributed by atoms with Crippen molar-refractivity contribution in [2.24, 2.45) is 17.8 Å². The van der Waals surface area contributed by atoms with E-state index < -0.39 is 26.4 Å². The Morgan fingerprint density at radius 1 is 1.07 bits per heavy atom. The van der Waals surface area contributed by atoms with Gasteiger partial charge >= 0.3 is 5.76 Å². The summed E-state index contributed by atoms with van der Waals surface area (Å²) in [6.45, 7) is 0. The highest BCUT2D eigenvalue weighted by atomic mass is 32.2. The highest BCUT2D eigenvalue weighted by Crippen LogP contribution is 2.60. The largest absolute Gasteiger partial charge is 0.341 e. The van der Waals surface area contributed by atoms with E-state index in [1.165, 1.54) is 62.0 Å². The van der Waals surface area contributed by atoms with Gasteiger partial charge in [-0.05, 0) is 80.5 Å². The highest BCUT2D eigenvalue weighted by Gasteiger charge is 2.52. The van der Waals surface area contributed by atoms with E-state index in [1.54, 1.807) is 0 Å². The number of thiazole rings is 1. The first-order valence-electron chi connectivity index (χ1n) is 10.1. The molecular formula is C21H22F2N2O3S2. The van der Waals surface area contributed by atoms with E-state index in [9.17, 15) is 22.0 Å². The topological polar surface area (TPSA) is 76.1 Å². The molecule has 160 valence electrons. The van der Waals surface area contributed by atoms with Crippen LogP contribution in [0.1, 0.15) is 54.6 Å². The van der Waals surface area contributed by atoms with Crippen LogP contribution in [0.4, 0.5) is 13.9 Å². The predicted octanol–water partition coefficient (Wildman–Crippen LogP) is 4.86. The van der Waals surface area contributed by atoms with Crippen LogP contribution in [0.3, 0.4) is 0 Å². The van der Waals surface area contributed by atoms with Gasteiger partial charge in [0.15, 0.2) is 5.13 Å². The van der Waals surface area contributed by atoms with Gasteiger partial charge in [0.2, 0.25) is 9.84 Å². The van der Waals surface area contributed by atoms with Gasteiger partial charge in [-0.25, -0.2) is 13.4 Å². The number of hydrogen-bond donors (Lipinski definition) is 1. The molecule has 4 fully saturated rings. The van der Waals surface area contributed by atoms with E-state index in [-0.39, 0.29) is 11.0 Å². The fraction of sp³-hybridized carbons (Fsp3) is 0.524. The maximum absolute atomic E-state index is 12.6. The van der Waals surface area contributed by atoms with Crippen LogP contribution < -0.4 is 5.32 Å². The molecule has 4 aliphatic carbocycles. The Morgan fingerprint density at radius 2 is 1.63 bits per heavy atom. The zero-order chi connectivity index (χ0) is 21.1. The average molecular weight is 453 g/mol. The van der Waals surface area contributed by atoms with E-state index in [4.69, 9.17) is 4.98 Å². The molecule has 0 aliphatic heterocycles. The van der Waals surface area contributed by atoms with Crippen molar-refractivity contribution < 1.29 is 22.0 Å². The van der Waals surface area contributed by atoms with Crippen molar-refractivity contribution in [2.75, 3.05) is 5.32 Å². The SMILES string of the molecule is O=C(Nc1nc(C23CC4CC(CC(C4)C2)C3)cs1)c1ccc(S(=O)(=O)C(F)F)cc1. The number of carbonyl (C=O) groups is 1. The van der Waals surface area contributed by atoms with E-state index in [0.717, 1.165) is 35.6 Å². The molecular weight excluding hydrogens is 430 g/mol. The van der Waals surface area contributed by atoms with Gasteiger partial charge in [-0.2, -0.15) is 8.78 Å². The number of nitrogens with zero attached hydrogens (tertiary/aromatic N) is 1. The van der Waals surface area contributed by atoms with Crippen LogP contribution in [0.25, 0.3) is 0 Å². The summed E-state index contributed by atoms with van der Waals surface area (Å²) in [5.41, 5.74) is 1.43. The second kappa shape index (κ2) is 7.09. The van der Waals surface area contributed by atoms with Crippen LogP contribution in [0.5, 0.6) is 0 Å². The Kier molecular flexibility index (Phi) is 4.74. The number of aromatic nitrogens is 1. The quantitative estimate of drug-likeness (QED) is 0.703. The number of sulfone groups is 1. The van der Waals surface area contributed by atoms with Crippen molar-refractivity contribution in [1.29, 1.82) is 0 Å². The first kappa shape index (κ1) is 20.1. The Balaban J connectivity index is 1.31. The molecule has 1 amide bonds. The normalized spacial score (nSPS) is 30.0. The molecule has 5 nitrogen and oxygen atoms in total. The first-order chi connectivity index (χ1) is 14.2. The minimum absolute atomic E-state index is 0.152. The van der Waals surface area contributed by atoms with Gasteiger partial charge in [-0.3, -0.25) is 10.1 Å². The zero-order valence-electron chi connectivity index (χ0n) is 16.2. The van der Waals surface area contributed by atoms with Gasteiger partial charge in [0.25, 0.3) is 5.91 Å². The van der Waals surface area contributed by atoms with Gasteiger partial charge in [-0.1, -0.05) is 0 Å². The third-order valence-electron chi connectivity index (χ3n) is 6.99. The second-order valence-electron chi connectivity index (χ2n) is 9.02. The standard InChI is InChI=1S/C21H22F2N2O3S2/c22-19(23)30(27,28)16-3-1-15(2-4-16)18(26)25-20-24-17(11-29-20)21-8-12-5-13(9-21)7-14(6-12)10-21/h1-4,11-14,19H,5-10H2,(H,24,25,26). The number of benzene rings is 1. The number of halogens is 2. The van der Waals surface area contributed by atoms with Crippen LogP contribution in [-0.4, -0.2) is 25.1 Å². The average Bonchev–Trinajstić information content (AvgIpc) is 3.16. The maximum Gasteiger partial charge on any atom is 0.341 e. The molecule has 0 radical (unpaired) electrons. The molecule has 9 heteroatoms. The third-order valence-corrected chi connectivity index (χ3v) is 9.14. The lowest BCUT2D eigenvalue weighted by molar-refractivity contribution is -0.00688. The molecule has 1 aromatic carbocycles. The zero-order valence-corrected chi connectivity index (χ0v) is 17.8. The van der Waals surface area contributed by atoms with Crippen LogP contribution in [0.2, 0.25) is 0 Å². The summed E-state index contributed by atoms with van der Waals surface area (Å²) in [4.78, 5) is 16.8. The van der Waals surface area contributed by atoms with Crippen molar-refractivity contribution in [2.45, 2.75) is 54.6 Å². The molecule has 0 spiro atoms.